The number of aryl methyl sites for hydroxylation is 1. The maximum atomic E-state index is 9.07. The van der Waals surface area contributed by atoms with Gasteiger partial charge in [-0.1, -0.05) is 11.6 Å². The number of rotatable bonds is 3. The summed E-state index contributed by atoms with van der Waals surface area (Å²) < 4.78 is 5.21. The van der Waals surface area contributed by atoms with Crippen LogP contribution in [-0.4, -0.2) is 7.11 Å². The molecule has 3 nitrogen and oxygen atoms in total. The lowest BCUT2D eigenvalue weighted by atomic mass is 10.1. The van der Waals surface area contributed by atoms with Crippen LogP contribution in [0.2, 0.25) is 5.02 Å². The van der Waals surface area contributed by atoms with E-state index in [0.717, 1.165) is 17.0 Å². The molecule has 1 N–H and O–H groups in total. The molecule has 4 heteroatoms. The molecule has 0 aliphatic rings. The van der Waals surface area contributed by atoms with Crippen molar-refractivity contribution in [2.45, 2.75) is 6.92 Å². The number of nitrogens with zero attached hydrogens (tertiary/aromatic N) is 1. The van der Waals surface area contributed by atoms with Gasteiger partial charge >= 0.3 is 0 Å². The highest BCUT2D eigenvalue weighted by molar-refractivity contribution is 6.30. The summed E-state index contributed by atoms with van der Waals surface area (Å²) in [6, 6.07) is 13.0. The Hall–Kier alpha value is -2.18. The van der Waals surface area contributed by atoms with Gasteiger partial charge in [0.25, 0.3) is 0 Å². The van der Waals surface area contributed by atoms with Crippen LogP contribution in [-0.2, 0) is 0 Å². The zero-order valence-corrected chi connectivity index (χ0v) is 11.5. The van der Waals surface area contributed by atoms with Gasteiger partial charge in [0.1, 0.15) is 11.8 Å². The van der Waals surface area contributed by atoms with Gasteiger partial charge in [0, 0.05) is 10.7 Å². The summed E-state index contributed by atoms with van der Waals surface area (Å²) in [6.45, 7) is 1.97. The van der Waals surface area contributed by atoms with Crippen LogP contribution in [0.25, 0.3) is 0 Å². The molecule has 0 heterocycles. The predicted octanol–water partition coefficient (Wildman–Crippen LogP) is 4.27. The molecule has 0 fully saturated rings. The summed E-state index contributed by atoms with van der Waals surface area (Å²) in [6.07, 6.45) is 0. The second-order valence-electron chi connectivity index (χ2n) is 4.11. The number of benzene rings is 2. The lowest BCUT2D eigenvalue weighted by molar-refractivity contribution is 0.412. The molecule has 2 aromatic rings. The van der Waals surface area contributed by atoms with Crippen molar-refractivity contribution in [1.82, 2.24) is 0 Å². The molecule has 0 atom stereocenters. The van der Waals surface area contributed by atoms with Gasteiger partial charge in [-0.3, -0.25) is 0 Å². The number of hydrogen-bond donors (Lipinski definition) is 1. The van der Waals surface area contributed by atoms with Crippen LogP contribution >= 0.6 is 11.6 Å². The Morgan fingerprint density at radius 1 is 1.21 bits per heavy atom. The molecule has 0 amide bonds. The van der Waals surface area contributed by atoms with Gasteiger partial charge in [-0.2, -0.15) is 5.26 Å². The van der Waals surface area contributed by atoms with Crippen molar-refractivity contribution in [3.63, 3.8) is 0 Å². The number of nitrogens with one attached hydrogen (secondary N) is 1. The van der Waals surface area contributed by atoms with Crippen LogP contribution in [0.3, 0.4) is 0 Å². The van der Waals surface area contributed by atoms with E-state index in [-0.39, 0.29) is 0 Å². The van der Waals surface area contributed by atoms with Crippen molar-refractivity contribution in [2.24, 2.45) is 0 Å². The van der Waals surface area contributed by atoms with E-state index in [1.165, 1.54) is 0 Å². The van der Waals surface area contributed by atoms with E-state index in [9.17, 15) is 0 Å². The third-order valence-corrected chi connectivity index (χ3v) is 3.01. The van der Waals surface area contributed by atoms with E-state index < -0.39 is 0 Å². The molecule has 0 unspecified atom stereocenters. The van der Waals surface area contributed by atoms with E-state index in [0.29, 0.717) is 16.3 Å². The lowest BCUT2D eigenvalue weighted by Gasteiger charge is -2.11. The molecule has 2 rings (SSSR count). The predicted molar refractivity (Wildman–Crippen MR) is 77.2 cm³/mol. The van der Waals surface area contributed by atoms with Crippen molar-refractivity contribution >= 4 is 23.0 Å². The van der Waals surface area contributed by atoms with E-state index in [2.05, 4.69) is 11.4 Å². The maximum Gasteiger partial charge on any atom is 0.121 e. The molecule has 0 spiro atoms. The smallest absolute Gasteiger partial charge is 0.121 e. The second kappa shape index (κ2) is 5.64. The zero-order valence-electron chi connectivity index (χ0n) is 10.7. The average Bonchev–Trinajstić information content (AvgIpc) is 2.39. The van der Waals surface area contributed by atoms with Gasteiger partial charge in [-0.25, -0.2) is 0 Å². The molecular formula is C15H13ClN2O. The number of anilines is 2. The Morgan fingerprint density at radius 3 is 2.63 bits per heavy atom. The number of nitriles is 1. The van der Waals surface area contributed by atoms with Crippen molar-refractivity contribution < 1.29 is 4.74 Å². The van der Waals surface area contributed by atoms with Crippen molar-refractivity contribution in [2.75, 3.05) is 12.4 Å². The third-order valence-electron chi connectivity index (χ3n) is 2.78. The summed E-state index contributed by atoms with van der Waals surface area (Å²) in [7, 11) is 1.64. The van der Waals surface area contributed by atoms with E-state index in [1.807, 2.05) is 25.1 Å². The van der Waals surface area contributed by atoms with Crippen LogP contribution in [0, 0.1) is 18.3 Å². The highest BCUT2D eigenvalue weighted by Crippen LogP contribution is 2.27. The third kappa shape index (κ3) is 2.98. The quantitative estimate of drug-likeness (QED) is 0.907. The second-order valence-corrected chi connectivity index (χ2v) is 4.55. The molecule has 0 bridgehead atoms. The summed E-state index contributed by atoms with van der Waals surface area (Å²) in [5, 5.41) is 12.9. The molecule has 0 saturated carbocycles. The van der Waals surface area contributed by atoms with Crippen molar-refractivity contribution in [3.8, 4) is 11.8 Å². The van der Waals surface area contributed by atoms with E-state index in [1.54, 1.807) is 25.3 Å². The molecule has 19 heavy (non-hydrogen) atoms. The highest BCUT2D eigenvalue weighted by Gasteiger charge is 2.05. The number of halogens is 1. The summed E-state index contributed by atoms with van der Waals surface area (Å²) in [5.74, 6) is 0.831. The van der Waals surface area contributed by atoms with Crippen LogP contribution in [0.4, 0.5) is 11.4 Å². The number of methoxy groups -OCH3 is 1. The summed E-state index contributed by atoms with van der Waals surface area (Å²) >= 11 is 5.95. The lowest BCUT2D eigenvalue weighted by Crippen LogP contribution is -1.95. The van der Waals surface area contributed by atoms with Gasteiger partial charge in [-0.15, -0.1) is 0 Å². The SMILES string of the molecule is COc1ccc(Nc2cc(Cl)ccc2C#N)cc1C. The van der Waals surface area contributed by atoms with Crippen LogP contribution in [0.15, 0.2) is 36.4 Å². The van der Waals surface area contributed by atoms with Crippen molar-refractivity contribution in [3.05, 3.63) is 52.5 Å². The minimum atomic E-state index is 0.554. The first-order valence-corrected chi connectivity index (χ1v) is 6.13. The zero-order chi connectivity index (χ0) is 13.8. The van der Waals surface area contributed by atoms with Crippen LogP contribution in [0.5, 0.6) is 5.75 Å². The Kier molecular flexibility index (Phi) is 3.94. The van der Waals surface area contributed by atoms with Gasteiger partial charge < -0.3 is 10.1 Å². The number of ether oxygens (including phenoxy) is 1. The molecule has 0 aliphatic heterocycles. The fourth-order valence-electron chi connectivity index (χ4n) is 1.83. The minimum absolute atomic E-state index is 0.554. The average molecular weight is 273 g/mol. The fraction of sp³-hybridized carbons (Fsp3) is 0.133. The van der Waals surface area contributed by atoms with Crippen LogP contribution in [0.1, 0.15) is 11.1 Å². The largest absolute Gasteiger partial charge is 0.496 e. The van der Waals surface area contributed by atoms with Crippen LogP contribution < -0.4 is 10.1 Å². The Bertz CT molecular complexity index is 647. The first kappa shape index (κ1) is 13.3. The first-order valence-electron chi connectivity index (χ1n) is 5.75. The molecule has 0 aliphatic carbocycles. The molecule has 96 valence electrons. The van der Waals surface area contributed by atoms with Gasteiger partial charge in [0.15, 0.2) is 0 Å². The summed E-state index contributed by atoms with van der Waals surface area (Å²) in [5.41, 5.74) is 3.16. The van der Waals surface area contributed by atoms with Crippen molar-refractivity contribution in [1.29, 1.82) is 5.26 Å². The monoisotopic (exact) mass is 272 g/mol. The molecule has 0 aromatic heterocycles. The Labute approximate surface area is 117 Å². The first-order chi connectivity index (χ1) is 9.13. The van der Waals surface area contributed by atoms with E-state index in [4.69, 9.17) is 21.6 Å². The van der Waals surface area contributed by atoms with E-state index >= 15 is 0 Å². The number of hydrogen-bond acceptors (Lipinski definition) is 3. The minimum Gasteiger partial charge on any atom is -0.496 e. The fourth-order valence-corrected chi connectivity index (χ4v) is 2.00. The summed E-state index contributed by atoms with van der Waals surface area (Å²) in [4.78, 5) is 0. The topological polar surface area (TPSA) is 45.0 Å². The van der Waals surface area contributed by atoms with Gasteiger partial charge in [0.05, 0.1) is 18.4 Å². The van der Waals surface area contributed by atoms with Gasteiger partial charge in [0.2, 0.25) is 0 Å². The standard InChI is InChI=1S/C15H13ClN2O/c1-10-7-13(5-6-15(10)19-2)18-14-8-12(16)4-3-11(14)9-17/h3-8,18H,1-2H3. The van der Waals surface area contributed by atoms with Gasteiger partial charge in [-0.05, 0) is 48.9 Å². The Balaban J connectivity index is 2.34. The molecular weight excluding hydrogens is 260 g/mol. The molecule has 2 aromatic carbocycles. The molecule has 0 radical (unpaired) electrons. The highest BCUT2D eigenvalue weighted by atomic mass is 35.5. The normalized spacial score (nSPS) is 9.79. The molecule has 0 saturated heterocycles. The maximum absolute atomic E-state index is 9.07. The Morgan fingerprint density at radius 2 is 2.00 bits per heavy atom.